The highest BCUT2D eigenvalue weighted by Gasteiger charge is 2.20. The van der Waals surface area contributed by atoms with Crippen molar-refractivity contribution in [1.82, 2.24) is 24.1 Å². The first-order valence-electron chi connectivity index (χ1n) is 26.5. The average molecular weight is 992 g/mol. The number of nitrogens with zero attached hydrogens (tertiary/aromatic N) is 5. The molecule has 6 heteroatoms. The van der Waals surface area contributed by atoms with Gasteiger partial charge < -0.3 is 13.6 Å². The third-order valence-corrected chi connectivity index (χ3v) is 14.6. The highest BCUT2D eigenvalue weighted by molar-refractivity contribution is 6.15. The molecule has 0 amide bonds. The van der Waals surface area contributed by atoms with E-state index in [2.05, 4.69) is 209 Å². The minimum Gasteiger partial charge on any atom is -0.456 e. The van der Waals surface area contributed by atoms with Gasteiger partial charge in [-0.25, -0.2) is 15.0 Å². The third-order valence-electron chi connectivity index (χ3n) is 14.6. The Morgan fingerprint density at radius 3 is 1.45 bits per heavy atom. The number of hydrogen-bond donors (Lipinski definition) is 0. The summed E-state index contributed by atoms with van der Waals surface area (Å²) in [6, 6.07) is 82.3. The lowest BCUT2D eigenvalue weighted by molar-refractivity contribution is 0.669. The lowest BCUT2D eigenvalue weighted by Crippen LogP contribution is -2.02. The molecule has 0 aliphatic rings. The van der Waals surface area contributed by atoms with Crippen molar-refractivity contribution in [1.29, 1.82) is 0 Å². The maximum absolute atomic E-state index is 6.62. The van der Waals surface area contributed by atoms with Crippen molar-refractivity contribution in [3.63, 3.8) is 0 Å². The van der Waals surface area contributed by atoms with Gasteiger partial charge in [-0.1, -0.05) is 172 Å². The molecule has 0 aliphatic heterocycles. The van der Waals surface area contributed by atoms with E-state index in [9.17, 15) is 0 Å². The number of fused-ring (bicyclic) bond motifs is 9. The molecule has 4 aromatic heterocycles. The summed E-state index contributed by atoms with van der Waals surface area (Å²) in [5.41, 5.74) is 18.1. The Kier molecular flexibility index (Phi) is 12.0. The van der Waals surface area contributed by atoms with Crippen molar-refractivity contribution < 1.29 is 4.42 Å². The molecule has 0 spiro atoms. The zero-order valence-corrected chi connectivity index (χ0v) is 43.3. The van der Waals surface area contributed by atoms with Crippen molar-refractivity contribution in [3.05, 3.63) is 255 Å². The number of benzene rings is 10. The van der Waals surface area contributed by atoms with Gasteiger partial charge in [0, 0.05) is 60.4 Å². The van der Waals surface area contributed by atoms with Crippen LogP contribution in [0.3, 0.4) is 0 Å². The van der Waals surface area contributed by atoms with Crippen LogP contribution in [0.1, 0.15) is 33.5 Å². The monoisotopic (exact) mass is 991 g/mol. The maximum atomic E-state index is 6.62. The molecule has 0 saturated heterocycles. The fourth-order valence-corrected chi connectivity index (χ4v) is 11.1. The normalized spacial score (nSPS) is 11.9. The summed E-state index contributed by atoms with van der Waals surface area (Å²) in [7, 11) is 0. The molecule has 0 bridgehead atoms. The van der Waals surface area contributed by atoms with Crippen LogP contribution < -0.4 is 0 Å². The molecule has 6 nitrogen and oxygen atoms in total. The summed E-state index contributed by atoms with van der Waals surface area (Å²) in [6.07, 6.45) is 6.08. The van der Waals surface area contributed by atoms with Gasteiger partial charge in [0.2, 0.25) is 0 Å². The van der Waals surface area contributed by atoms with E-state index in [1.807, 2.05) is 76.3 Å². The quantitative estimate of drug-likeness (QED) is 0.135. The van der Waals surface area contributed by atoms with Gasteiger partial charge in [0.15, 0.2) is 17.5 Å². The van der Waals surface area contributed by atoms with Gasteiger partial charge in [-0.05, 0) is 138 Å². The Hall–Kier alpha value is -9.91. The van der Waals surface area contributed by atoms with Gasteiger partial charge in [-0.2, -0.15) is 0 Å². The van der Waals surface area contributed by atoms with Crippen molar-refractivity contribution in [3.8, 4) is 67.5 Å². The lowest BCUT2D eigenvalue weighted by Gasteiger charge is -2.10. The molecule has 0 unspecified atom stereocenters. The van der Waals surface area contributed by atoms with Crippen LogP contribution >= 0.6 is 0 Å². The Morgan fingerprint density at radius 2 is 0.857 bits per heavy atom. The standard InChI is InChI=1S/C69H47N5O.C2H6/c1-3-18-44(4-2)67-70-68(45-19-8-5-9-20-45)72-69(71-67)51-22-16-21-50(39-51)54-28-17-30-65-66(54)59-43-49(34-38-64(59)75-65)48-33-37-63-58(42-48)57-41-47(32-36-62(57)74(63)53-25-12-7-13-26-53)46-31-35-61-56(40-46)55-27-14-15-29-60(55)73(61)52-23-10-6-11-24-52;1-2/h3-43H,1-2H3;1-2H3/b18-3-,44-4+;. The van der Waals surface area contributed by atoms with Gasteiger partial charge in [0.25, 0.3) is 0 Å². The van der Waals surface area contributed by atoms with Crippen LogP contribution in [-0.2, 0) is 0 Å². The van der Waals surface area contributed by atoms with Crippen LogP contribution in [0.25, 0.3) is 139 Å². The van der Waals surface area contributed by atoms with Crippen LogP contribution in [0.5, 0.6) is 0 Å². The van der Waals surface area contributed by atoms with Gasteiger partial charge >= 0.3 is 0 Å². The average Bonchev–Trinajstić information content (AvgIpc) is 4.26. The summed E-state index contributed by atoms with van der Waals surface area (Å²) in [4.78, 5) is 15.0. The van der Waals surface area contributed by atoms with E-state index >= 15 is 0 Å². The highest BCUT2D eigenvalue weighted by atomic mass is 16.3. The molecule has 4 heterocycles. The Bertz CT molecular complexity index is 4600. The molecular weight excluding hydrogens is 939 g/mol. The van der Waals surface area contributed by atoms with E-state index in [-0.39, 0.29) is 0 Å². The fourth-order valence-electron chi connectivity index (χ4n) is 11.1. The largest absolute Gasteiger partial charge is 0.456 e. The van der Waals surface area contributed by atoms with Gasteiger partial charge in [-0.15, -0.1) is 0 Å². The highest BCUT2D eigenvalue weighted by Crippen LogP contribution is 2.43. The van der Waals surface area contributed by atoms with Crippen molar-refractivity contribution in [2.45, 2.75) is 27.7 Å². The zero-order valence-electron chi connectivity index (χ0n) is 43.3. The summed E-state index contributed by atoms with van der Waals surface area (Å²) in [5.74, 6) is 1.87. The molecule has 0 atom stereocenters. The van der Waals surface area contributed by atoms with Gasteiger partial charge in [0.1, 0.15) is 11.2 Å². The Morgan fingerprint density at radius 1 is 0.377 bits per heavy atom. The second-order valence-electron chi connectivity index (χ2n) is 19.0. The molecule has 14 rings (SSSR count). The summed E-state index contributed by atoms with van der Waals surface area (Å²) >= 11 is 0. The fraction of sp³-hybridized carbons (Fsp3) is 0.0563. The molecule has 77 heavy (non-hydrogen) atoms. The van der Waals surface area contributed by atoms with Crippen LogP contribution in [0.4, 0.5) is 0 Å². The van der Waals surface area contributed by atoms with Crippen LogP contribution in [0, 0.1) is 0 Å². The van der Waals surface area contributed by atoms with E-state index in [1.54, 1.807) is 0 Å². The molecule has 10 aromatic carbocycles. The Labute approximate surface area is 447 Å². The van der Waals surface area contributed by atoms with Crippen molar-refractivity contribution in [2.24, 2.45) is 0 Å². The molecule has 14 aromatic rings. The summed E-state index contributed by atoms with van der Waals surface area (Å²) in [6.45, 7) is 8.01. The van der Waals surface area contributed by atoms with E-state index in [0.717, 1.165) is 83.3 Å². The number of aromatic nitrogens is 5. The predicted molar refractivity (Wildman–Crippen MR) is 323 cm³/mol. The third kappa shape index (κ3) is 8.19. The number of hydrogen-bond acceptors (Lipinski definition) is 4. The topological polar surface area (TPSA) is 61.7 Å². The van der Waals surface area contributed by atoms with Crippen molar-refractivity contribution >= 4 is 71.1 Å². The number of para-hydroxylation sites is 3. The SMILES string of the molecule is C/C=C\C(=C/C)c1nc(-c2ccccc2)nc(-c2cccc(-c3cccc4oc5ccc(-c6ccc7c(c6)c6cc(-c8ccc9c(c8)c8ccccc8n9-c8ccccc8)ccc6n7-c6ccccc6)cc5c34)c2)n1.CC. The molecule has 0 saturated carbocycles. The maximum Gasteiger partial charge on any atom is 0.164 e. The second kappa shape index (κ2) is 19.7. The van der Waals surface area contributed by atoms with Crippen LogP contribution in [0.15, 0.2) is 253 Å². The lowest BCUT2D eigenvalue weighted by atomic mass is 9.95. The molecule has 368 valence electrons. The smallest absolute Gasteiger partial charge is 0.164 e. The van der Waals surface area contributed by atoms with Crippen LogP contribution in [0.2, 0.25) is 0 Å². The molecule has 0 fully saturated rings. The number of allylic oxidation sites excluding steroid dienone is 4. The van der Waals surface area contributed by atoms with Crippen LogP contribution in [-0.4, -0.2) is 24.1 Å². The summed E-state index contributed by atoms with van der Waals surface area (Å²) in [5, 5.41) is 6.97. The minimum absolute atomic E-state index is 0.612. The van der Waals surface area contributed by atoms with E-state index in [4.69, 9.17) is 19.4 Å². The van der Waals surface area contributed by atoms with E-state index in [0.29, 0.717) is 17.5 Å². The van der Waals surface area contributed by atoms with E-state index < -0.39 is 0 Å². The molecule has 0 N–H and O–H groups in total. The summed E-state index contributed by atoms with van der Waals surface area (Å²) < 4.78 is 11.4. The Balaban J connectivity index is 0.00000280. The van der Waals surface area contributed by atoms with Gasteiger partial charge in [-0.3, -0.25) is 0 Å². The van der Waals surface area contributed by atoms with E-state index in [1.165, 1.54) is 43.7 Å². The van der Waals surface area contributed by atoms with Gasteiger partial charge in [0.05, 0.1) is 22.1 Å². The molecule has 0 radical (unpaired) electrons. The first-order chi connectivity index (χ1) is 38.1. The number of rotatable bonds is 9. The van der Waals surface area contributed by atoms with Crippen molar-refractivity contribution in [2.75, 3.05) is 0 Å². The predicted octanol–water partition coefficient (Wildman–Crippen LogP) is 19.3. The first-order valence-corrected chi connectivity index (χ1v) is 26.5. The minimum atomic E-state index is 0.612. The zero-order chi connectivity index (χ0) is 52.0. The number of furan rings is 1. The first kappa shape index (κ1) is 46.8. The molecular formula is C71H53N5O. The second-order valence-corrected chi connectivity index (χ2v) is 19.0. The molecule has 0 aliphatic carbocycles.